The summed E-state index contributed by atoms with van der Waals surface area (Å²) in [5, 5.41) is 2.90. The predicted molar refractivity (Wildman–Crippen MR) is 88.9 cm³/mol. The van der Waals surface area contributed by atoms with Gasteiger partial charge in [0.2, 0.25) is 5.91 Å². The first-order valence-electron chi connectivity index (χ1n) is 7.38. The van der Waals surface area contributed by atoms with Crippen molar-refractivity contribution in [1.82, 2.24) is 4.98 Å². The second kappa shape index (κ2) is 5.77. The summed E-state index contributed by atoms with van der Waals surface area (Å²) in [6.07, 6.45) is 3.28. The molecule has 0 aliphatic carbocycles. The number of carbonyl (C=O) groups is 1. The average molecular weight is 296 g/mol. The van der Waals surface area contributed by atoms with Crippen LogP contribution in [0, 0.1) is 0 Å². The fraction of sp³-hybridized carbons (Fsp3) is 0.294. The Bertz CT molecular complexity index is 712. The Balaban J connectivity index is 1.97. The minimum atomic E-state index is -0.433. The van der Waals surface area contributed by atoms with Gasteiger partial charge in [-0.3, -0.25) is 4.79 Å². The van der Waals surface area contributed by atoms with Crippen LogP contribution >= 0.6 is 0 Å². The number of hydrogen-bond donors (Lipinski definition) is 2. The first-order chi connectivity index (χ1) is 10.5. The highest BCUT2D eigenvalue weighted by Gasteiger charge is 2.20. The van der Waals surface area contributed by atoms with E-state index in [0.717, 1.165) is 34.6 Å². The van der Waals surface area contributed by atoms with Gasteiger partial charge < -0.3 is 16.0 Å². The first kappa shape index (κ1) is 14.5. The van der Waals surface area contributed by atoms with Crippen molar-refractivity contribution in [1.29, 1.82) is 0 Å². The Morgan fingerprint density at radius 3 is 2.77 bits per heavy atom. The molecule has 114 valence electrons. The summed E-state index contributed by atoms with van der Waals surface area (Å²) in [6.45, 7) is 0. The van der Waals surface area contributed by atoms with Crippen LogP contribution in [-0.2, 0) is 11.2 Å². The lowest BCUT2D eigenvalue weighted by atomic mass is 9.99. The lowest BCUT2D eigenvalue weighted by molar-refractivity contribution is -0.117. The highest BCUT2D eigenvalue weighted by atomic mass is 16.2. The number of fused-ring (bicyclic) bond motifs is 1. The van der Waals surface area contributed by atoms with Crippen molar-refractivity contribution in [3.63, 3.8) is 0 Å². The van der Waals surface area contributed by atoms with Gasteiger partial charge in [0.25, 0.3) is 0 Å². The number of pyridine rings is 1. The van der Waals surface area contributed by atoms with E-state index in [4.69, 9.17) is 5.73 Å². The molecule has 1 aromatic carbocycles. The molecule has 0 radical (unpaired) electrons. The number of aryl methyl sites for hydroxylation is 1. The normalized spacial score (nSPS) is 17.4. The molecule has 3 rings (SSSR count). The second-order valence-electron chi connectivity index (χ2n) is 5.80. The van der Waals surface area contributed by atoms with E-state index in [-0.39, 0.29) is 5.91 Å². The number of nitrogens with zero attached hydrogens (tertiary/aromatic N) is 2. The number of nitrogens with two attached hydrogens (primary N) is 1. The molecular weight excluding hydrogens is 276 g/mol. The van der Waals surface area contributed by atoms with E-state index in [9.17, 15) is 4.79 Å². The fourth-order valence-corrected chi connectivity index (χ4v) is 2.61. The molecule has 2 heterocycles. The van der Waals surface area contributed by atoms with Crippen LogP contribution in [0.25, 0.3) is 11.1 Å². The summed E-state index contributed by atoms with van der Waals surface area (Å²) < 4.78 is 0. The maximum Gasteiger partial charge on any atom is 0.241 e. The molecule has 3 N–H and O–H groups in total. The van der Waals surface area contributed by atoms with E-state index in [1.54, 1.807) is 0 Å². The molecule has 1 unspecified atom stereocenters. The number of carbonyl (C=O) groups excluding carboxylic acids is 1. The summed E-state index contributed by atoms with van der Waals surface area (Å²) in [4.78, 5) is 18.1. The minimum absolute atomic E-state index is 0.106. The van der Waals surface area contributed by atoms with Crippen LogP contribution in [0.4, 0.5) is 11.5 Å². The van der Waals surface area contributed by atoms with Crippen molar-refractivity contribution in [3.8, 4) is 11.1 Å². The third-order valence-electron chi connectivity index (χ3n) is 3.96. The third-order valence-corrected chi connectivity index (χ3v) is 3.96. The quantitative estimate of drug-likeness (QED) is 0.889. The lowest BCUT2D eigenvalue weighted by Crippen LogP contribution is -2.34. The van der Waals surface area contributed by atoms with Crippen LogP contribution < -0.4 is 16.0 Å². The number of aromatic nitrogens is 1. The van der Waals surface area contributed by atoms with Crippen molar-refractivity contribution in [2.75, 3.05) is 24.3 Å². The van der Waals surface area contributed by atoms with Crippen molar-refractivity contribution in [2.24, 2.45) is 5.73 Å². The van der Waals surface area contributed by atoms with Crippen LogP contribution in [0.3, 0.4) is 0 Å². The highest BCUT2D eigenvalue weighted by Crippen LogP contribution is 2.29. The molecule has 0 bridgehead atoms. The van der Waals surface area contributed by atoms with Crippen LogP contribution in [-0.4, -0.2) is 31.0 Å². The van der Waals surface area contributed by atoms with Gasteiger partial charge in [-0.25, -0.2) is 4.98 Å². The van der Waals surface area contributed by atoms with Crippen molar-refractivity contribution in [2.45, 2.75) is 18.9 Å². The monoisotopic (exact) mass is 296 g/mol. The largest absolute Gasteiger partial charge is 0.363 e. The molecule has 1 aliphatic rings. The van der Waals surface area contributed by atoms with Crippen LogP contribution in [0.5, 0.6) is 0 Å². The Hall–Kier alpha value is -2.40. The molecule has 5 nitrogen and oxygen atoms in total. The lowest BCUT2D eigenvalue weighted by Gasteiger charge is -2.13. The van der Waals surface area contributed by atoms with Gasteiger partial charge in [0.1, 0.15) is 5.82 Å². The number of rotatable bonds is 2. The molecule has 2 aromatic rings. The minimum Gasteiger partial charge on any atom is -0.363 e. The molecule has 0 saturated heterocycles. The number of anilines is 2. The Morgan fingerprint density at radius 2 is 2.00 bits per heavy atom. The third kappa shape index (κ3) is 2.80. The fourth-order valence-electron chi connectivity index (χ4n) is 2.61. The Kier molecular flexibility index (Phi) is 3.81. The first-order valence-corrected chi connectivity index (χ1v) is 7.38. The zero-order chi connectivity index (χ0) is 15.7. The second-order valence-corrected chi connectivity index (χ2v) is 5.80. The summed E-state index contributed by atoms with van der Waals surface area (Å²) in [7, 11) is 3.94. The molecule has 0 fully saturated rings. The molecule has 1 aromatic heterocycles. The molecule has 5 heteroatoms. The van der Waals surface area contributed by atoms with E-state index >= 15 is 0 Å². The Labute approximate surface area is 130 Å². The summed E-state index contributed by atoms with van der Waals surface area (Å²) in [5.74, 6) is 0.813. The Morgan fingerprint density at radius 1 is 1.23 bits per heavy atom. The number of amides is 1. The van der Waals surface area contributed by atoms with Gasteiger partial charge in [-0.1, -0.05) is 6.07 Å². The van der Waals surface area contributed by atoms with E-state index in [0.29, 0.717) is 6.42 Å². The van der Waals surface area contributed by atoms with E-state index < -0.39 is 6.04 Å². The zero-order valence-electron chi connectivity index (χ0n) is 12.8. The standard InChI is InChI=1S/C17H20N4O/c1-21(2)16-10-12(7-8-19-16)11-4-6-15-13(9-11)3-5-14(18)17(22)20-15/h4,6-10,14H,3,5,18H2,1-2H3,(H,20,22). The van der Waals surface area contributed by atoms with Crippen LogP contribution in [0.2, 0.25) is 0 Å². The molecule has 1 aliphatic heterocycles. The van der Waals surface area contributed by atoms with Gasteiger partial charge in [-0.2, -0.15) is 0 Å². The number of nitrogens with one attached hydrogen (secondary N) is 1. The van der Waals surface area contributed by atoms with Gasteiger partial charge in [0, 0.05) is 26.0 Å². The highest BCUT2D eigenvalue weighted by molar-refractivity contribution is 5.96. The van der Waals surface area contributed by atoms with Crippen LogP contribution in [0.15, 0.2) is 36.5 Å². The van der Waals surface area contributed by atoms with E-state index in [1.165, 1.54) is 0 Å². The van der Waals surface area contributed by atoms with Gasteiger partial charge >= 0.3 is 0 Å². The topological polar surface area (TPSA) is 71.2 Å². The summed E-state index contributed by atoms with van der Waals surface area (Å²) in [6, 6.07) is 9.72. The van der Waals surface area contributed by atoms with E-state index in [1.807, 2.05) is 43.4 Å². The van der Waals surface area contributed by atoms with Gasteiger partial charge in [0.15, 0.2) is 0 Å². The molecule has 22 heavy (non-hydrogen) atoms. The molecule has 0 saturated carbocycles. The molecule has 1 amide bonds. The molecule has 0 spiro atoms. The summed E-state index contributed by atoms with van der Waals surface area (Å²) in [5.41, 5.74) is 10.1. The van der Waals surface area contributed by atoms with Gasteiger partial charge in [0.05, 0.1) is 6.04 Å². The van der Waals surface area contributed by atoms with E-state index in [2.05, 4.69) is 22.4 Å². The van der Waals surface area contributed by atoms with Crippen molar-refractivity contribution >= 4 is 17.4 Å². The molecule has 1 atom stereocenters. The maximum atomic E-state index is 11.8. The summed E-state index contributed by atoms with van der Waals surface area (Å²) >= 11 is 0. The number of benzene rings is 1. The number of hydrogen-bond acceptors (Lipinski definition) is 4. The smallest absolute Gasteiger partial charge is 0.241 e. The SMILES string of the molecule is CN(C)c1cc(-c2ccc3c(c2)CCC(N)C(=O)N3)ccn1. The zero-order valence-corrected chi connectivity index (χ0v) is 12.8. The van der Waals surface area contributed by atoms with Crippen LogP contribution in [0.1, 0.15) is 12.0 Å². The van der Waals surface area contributed by atoms with Crippen molar-refractivity contribution < 1.29 is 4.79 Å². The maximum absolute atomic E-state index is 11.8. The van der Waals surface area contributed by atoms with Gasteiger partial charge in [-0.15, -0.1) is 0 Å². The van der Waals surface area contributed by atoms with Crippen molar-refractivity contribution in [3.05, 3.63) is 42.1 Å². The average Bonchev–Trinajstić information content (AvgIpc) is 2.66. The van der Waals surface area contributed by atoms with Gasteiger partial charge in [-0.05, 0) is 53.8 Å². The molecular formula is C17H20N4O. The predicted octanol–water partition coefficient (Wildman–Crippen LogP) is 2.03.